The number of carboxylic acids is 1. The molecule has 1 aliphatic rings. The van der Waals surface area contributed by atoms with E-state index in [4.69, 9.17) is 9.72 Å². The molecule has 0 saturated carbocycles. The number of likely N-dealkylation sites (tertiary alicyclic amines) is 1. The molecule has 10 heteroatoms. The highest BCUT2D eigenvalue weighted by atomic mass is 32.1. The molecule has 0 amide bonds. The number of piperidine rings is 1. The van der Waals surface area contributed by atoms with E-state index in [9.17, 15) is 14.7 Å². The number of nitrogens with zero attached hydrogens (tertiary/aromatic N) is 5. The molecular weight excluding hydrogens is 490 g/mol. The fraction of sp³-hybridized carbons (Fsp3) is 0.296. The van der Waals surface area contributed by atoms with E-state index in [-0.39, 0.29) is 18.0 Å². The molecule has 0 bridgehead atoms. The molecule has 9 nitrogen and oxygen atoms in total. The molecule has 1 fully saturated rings. The molecule has 1 aromatic carbocycles. The minimum Gasteiger partial charge on any atom is -0.478 e. The number of aromatic carboxylic acids is 1. The molecule has 1 aliphatic heterocycles. The minimum absolute atomic E-state index is 0.0148. The molecule has 0 aliphatic carbocycles. The Kier molecular flexibility index (Phi) is 7.20. The first-order valence-electron chi connectivity index (χ1n) is 12.1. The van der Waals surface area contributed by atoms with Gasteiger partial charge in [-0.05, 0) is 69.3 Å². The van der Waals surface area contributed by atoms with Gasteiger partial charge in [-0.1, -0.05) is 18.9 Å². The van der Waals surface area contributed by atoms with E-state index >= 15 is 0 Å². The Balaban J connectivity index is 1.18. The van der Waals surface area contributed by atoms with Crippen LogP contribution in [0.2, 0.25) is 0 Å². The minimum atomic E-state index is -0.969. The van der Waals surface area contributed by atoms with Crippen LogP contribution in [0.25, 0.3) is 11.0 Å². The molecule has 5 rings (SSSR count). The molecule has 1 N–H and O–H groups in total. The summed E-state index contributed by atoms with van der Waals surface area (Å²) in [6, 6.07) is 14.3. The van der Waals surface area contributed by atoms with Gasteiger partial charge in [0.25, 0.3) is 0 Å². The maximum absolute atomic E-state index is 11.4. The first kappa shape index (κ1) is 24.9. The number of imidazole rings is 1. The van der Waals surface area contributed by atoms with Crippen LogP contribution in [0.15, 0.2) is 54.7 Å². The van der Waals surface area contributed by atoms with Crippen molar-refractivity contribution in [3.05, 3.63) is 83.1 Å². The third kappa shape index (κ3) is 5.65. The van der Waals surface area contributed by atoms with Crippen LogP contribution >= 0.6 is 12.8 Å². The van der Waals surface area contributed by atoms with Gasteiger partial charge in [0.1, 0.15) is 12.4 Å². The van der Waals surface area contributed by atoms with E-state index in [0.29, 0.717) is 29.4 Å². The molecule has 0 radical (unpaired) electrons. The predicted octanol–water partition coefficient (Wildman–Crippen LogP) is 4.38. The molecule has 4 heterocycles. The van der Waals surface area contributed by atoms with Gasteiger partial charge in [0.05, 0.1) is 28.8 Å². The largest absolute Gasteiger partial charge is 0.478 e. The number of carbonyl (C=O) groups excluding carboxylic acids is 1. The number of carbonyl (C=O) groups is 2. The Morgan fingerprint density at radius 1 is 1.08 bits per heavy atom. The number of hydrogen-bond acceptors (Lipinski definition) is 8. The van der Waals surface area contributed by atoms with Crippen LogP contribution in [0.5, 0.6) is 5.88 Å². The zero-order chi connectivity index (χ0) is 25.9. The lowest BCUT2D eigenvalue weighted by atomic mass is 9.93. The van der Waals surface area contributed by atoms with Crippen LogP contribution in [-0.2, 0) is 13.2 Å². The Morgan fingerprint density at radius 3 is 2.57 bits per heavy atom. The molecule has 3 aromatic heterocycles. The Bertz CT molecular complexity index is 1450. The van der Waals surface area contributed by atoms with Crippen LogP contribution in [-0.4, -0.2) is 53.8 Å². The first-order valence-corrected chi connectivity index (χ1v) is 12.5. The molecule has 190 valence electrons. The Morgan fingerprint density at radius 2 is 1.86 bits per heavy atom. The molecule has 0 unspecified atom stereocenters. The fourth-order valence-corrected chi connectivity index (χ4v) is 4.81. The summed E-state index contributed by atoms with van der Waals surface area (Å²) < 4.78 is 7.54. The number of hydrogen-bond donors (Lipinski definition) is 2. The van der Waals surface area contributed by atoms with Crippen LogP contribution in [0, 0.1) is 0 Å². The highest BCUT2D eigenvalue weighted by Gasteiger charge is 2.23. The van der Waals surface area contributed by atoms with Crippen molar-refractivity contribution in [2.24, 2.45) is 0 Å². The number of aromatic nitrogens is 4. The lowest BCUT2D eigenvalue weighted by molar-refractivity contribution is 0.0696. The van der Waals surface area contributed by atoms with Crippen molar-refractivity contribution < 1.29 is 19.4 Å². The van der Waals surface area contributed by atoms with E-state index in [1.807, 2.05) is 18.2 Å². The van der Waals surface area contributed by atoms with E-state index in [2.05, 4.69) is 27.7 Å². The summed E-state index contributed by atoms with van der Waals surface area (Å²) in [6.07, 6.45) is 3.48. The number of carboxylic acid groups (broad SMARTS) is 1. The summed E-state index contributed by atoms with van der Waals surface area (Å²) in [5, 5.41) is 9.26. The van der Waals surface area contributed by atoms with Gasteiger partial charge in [-0.2, -0.15) is 0 Å². The molecule has 0 atom stereocenters. The van der Waals surface area contributed by atoms with Gasteiger partial charge in [0, 0.05) is 29.4 Å². The summed E-state index contributed by atoms with van der Waals surface area (Å²) in [7, 11) is 0. The summed E-state index contributed by atoms with van der Waals surface area (Å²) in [5.74, 6) is 0.697. The summed E-state index contributed by atoms with van der Waals surface area (Å²) in [6.45, 7) is 4.22. The van der Waals surface area contributed by atoms with Gasteiger partial charge in [0.15, 0.2) is 5.78 Å². The summed E-state index contributed by atoms with van der Waals surface area (Å²) in [4.78, 5) is 38.7. The number of rotatable bonds is 8. The second kappa shape index (κ2) is 10.7. The van der Waals surface area contributed by atoms with Crippen molar-refractivity contribution in [2.75, 3.05) is 13.1 Å². The monoisotopic (exact) mass is 517 g/mol. The van der Waals surface area contributed by atoms with Gasteiger partial charge in [-0.3, -0.25) is 18.7 Å². The predicted molar refractivity (Wildman–Crippen MR) is 141 cm³/mol. The smallest absolute Gasteiger partial charge is 0.335 e. The molecule has 0 spiro atoms. The second-order valence-corrected chi connectivity index (χ2v) is 9.58. The normalized spacial score (nSPS) is 14.6. The SMILES string of the molecule is CC(=O)c1ccc(COc2cccc(C3CCN(Cc4nc5ccc(C(=O)O)cc5n4S)CC3)n2)nc1. The fourth-order valence-electron chi connectivity index (χ4n) is 4.54. The van der Waals surface area contributed by atoms with E-state index < -0.39 is 5.97 Å². The molecular formula is C27H27N5O4S. The van der Waals surface area contributed by atoms with Gasteiger partial charge >= 0.3 is 5.97 Å². The van der Waals surface area contributed by atoms with Crippen LogP contribution in [0.1, 0.15) is 63.6 Å². The Hall–Kier alpha value is -3.76. The molecule has 1 saturated heterocycles. The third-order valence-corrected chi connectivity index (χ3v) is 7.11. The lowest BCUT2D eigenvalue weighted by Crippen LogP contribution is -2.33. The zero-order valence-electron chi connectivity index (χ0n) is 20.4. The zero-order valence-corrected chi connectivity index (χ0v) is 21.3. The third-order valence-electron chi connectivity index (χ3n) is 6.66. The number of ketones is 1. The number of ether oxygens (including phenoxy) is 1. The average Bonchev–Trinajstić information content (AvgIpc) is 3.22. The van der Waals surface area contributed by atoms with E-state index in [1.54, 1.807) is 40.5 Å². The maximum atomic E-state index is 11.4. The maximum Gasteiger partial charge on any atom is 0.335 e. The van der Waals surface area contributed by atoms with Gasteiger partial charge < -0.3 is 9.84 Å². The van der Waals surface area contributed by atoms with Gasteiger partial charge in [-0.15, -0.1) is 0 Å². The van der Waals surface area contributed by atoms with Gasteiger partial charge in [0.2, 0.25) is 5.88 Å². The lowest BCUT2D eigenvalue weighted by Gasteiger charge is -2.31. The average molecular weight is 518 g/mol. The molecule has 4 aromatic rings. The van der Waals surface area contributed by atoms with Crippen LogP contribution in [0.4, 0.5) is 0 Å². The summed E-state index contributed by atoms with van der Waals surface area (Å²) in [5.41, 5.74) is 3.97. The standard InChI is InChI=1S/C27H27N5O4S/c1-17(33)20-5-7-21(28-14-20)16-36-26-4-2-3-22(30-26)18-9-11-31(12-10-18)15-25-29-23-8-6-19(27(34)35)13-24(23)32(25)37/h2-8,13-14,18,37H,9-12,15-16H2,1H3,(H,34,35). The van der Waals surface area contributed by atoms with Crippen LogP contribution in [0.3, 0.4) is 0 Å². The highest BCUT2D eigenvalue weighted by molar-refractivity contribution is 7.78. The number of pyridine rings is 2. The van der Waals surface area contributed by atoms with Gasteiger partial charge in [-0.25, -0.2) is 14.8 Å². The van der Waals surface area contributed by atoms with Crippen LogP contribution < -0.4 is 4.74 Å². The number of Topliss-reactive ketones (excluding diaryl/α,β-unsaturated/α-hetero) is 1. The second-order valence-electron chi connectivity index (χ2n) is 9.18. The molecule has 37 heavy (non-hydrogen) atoms. The van der Waals surface area contributed by atoms with E-state index in [0.717, 1.165) is 48.7 Å². The van der Waals surface area contributed by atoms with Crippen molar-refractivity contribution in [3.63, 3.8) is 0 Å². The van der Waals surface area contributed by atoms with Crippen molar-refractivity contribution in [1.82, 2.24) is 23.8 Å². The number of benzene rings is 1. The van der Waals surface area contributed by atoms with Crippen molar-refractivity contribution in [3.8, 4) is 5.88 Å². The topological polar surface area (TPSA) is 110 Å². The summed E-state index contributed by atoms with van der Waals surface area (Å²) >= 11 is 4.57. The quantitative estimate of drug-likeness (QED) is 0.262. The van der Waals surface area contributed by atoms with Crippen molar-refractivity contribution in [2.45, 2.75) is 38.8 Å². The first-order chi connectivity index (χ1) is 17.9. The van der Waals surface area contributed by atoms with E-state index in [1.165, 1.54) is 6.92 Å². The number of fused-ring (bicyclic) bond motifs is 1. The highest BCUT2D eigenvalue weighted by Crippen LogP contribution is 2.29. The van der Waals surface area contributed by atoms with Crippen molar-refractivity contribution in [1.29, 1.82) is 0 Å². The van der Waals surface area contributed by atoms with Crippen molar-refractivity contribution >= 4 is 35.6 Å². The Labute approximate surface area is 219 Å². The number of thiol groups is 1.